The highest BCUT2D eigenvalue weighted by atomic mass is 16.5. The van der Waals surface area contributed by atoms with Crippen LogP contribution in [0.5, 0.6) is 0 Å². The predicted octanol–water partition coefficient (Wildman–Crippen LogP) is 3.58. The Morgan fingerprint density at radius 1 is 1.15 bits per heavy atom. The van der Waals surface area contributed by atoms with Crippen molar-refractivity contribution in [3.63, 3.8) is 0 Å². The van der Waals surface area contributed by atoms with Crippen LogP contribution in [-0.4, -0.2) is 22.7 Å². The first kappa shape index (κ1) is 18.7. The number of ether oxygens (including phenoxy) is 1. The van der Waals surface area contributed by atoms with Gasteiger partial charge >= 0.3 is 6.03 Å². The molecule has 2 N–H and O–H groups in total. The standard InChI is InChI=1S/C21H24N4O2/c1-16(17-7-9-20(10-8-17)25-12-11-22-15-25)24-21(26)23-13-18-5-3-4-6-19(18)14-27-2/h3-12,15-16H,13-14H2,1-2H3,(H2,23,24,26)/t16-/m0/s1. The molecule has 140 valence electrons. The van der Waals surface area contributed by atoms with Gasteiger partial charge in [-0.05, 0) is 35.7 Å². The third kappa shape index (κ3) is 4.95. The molecule has 6 nitrogen and oxygen atoms in total. The highest BCUT2D eigenvalue weighted by Gasteiger charge is 2.10. The number of amides is 2. The number of carbonyl (C=O) groups is 1. The molecule has 1 atom stereocenters. The molecule has 0 aliphatic carbocycles. The average molecular weight is 364 g/mol. The van der Waals surface area contributed by atoms with Gasteiger partial charge in [0, 0.05) is 31.7 Å². The van der Waals surface area contributed by atoms with E-state index in [1.54, 1.807) is 19.6 Å². The monoisotopic (exact) mass is 364 g/mol. The van der Waals surface area contributed by atoms with Gasteiger partial charge in [0.05, 0.1) is 19.0 Å². The van der Waals surface area contributed by atoms with E-state index in [1.807, 2.05) is 66.2 Å². The second-order valence-electron chi connectivity index (χ2n) is 6.31. The minimum atomic E-state index is -0.201. The number of nitrogens with one attached hydrogen (secondary N) is 2. The molecule has 2 aromatic carbocycles. The van der Waals surface area contributed by atoms with Crippen LogP contribution in [-0.2, 0) is 17.9 Å². The second-order valence-corrected chi connectivity index (χ2v) is 6.31. The summed E-state index contributed by atoms with van der Waals surface area (Å²) < 4.78 is 7.14. The second kappa shape index (κ2) is 9.00. The molecular weight excluding hydrogens is 340 g/mol. The fourth-order valence-electron chi connectivity index (χ4n) is 2.88. The summed E-state index contributed by atoms with van der Waals surface area (Å²) >= 11 is 0. The Kier molecular flexibility index (Phi) is 6.22. The maximum absolute atomic E-state index is 12.3. The van der Waals surface area contributed by atoms with E-state index in [-0.39, 0.29) is 12.1 Å². The molecule has 6 heteroatoms. The zero-order valence-electron chi connectivity index (χ0n) is 15.6. The first-order chi connectivity index (χ1) is 13.2. The van der Waals surface area contributed by atoms with E-state index in [4.69, 9.17) is 4.74 Å². The highest BCUT2D eigenvalue weighted by molar-refractivity contribution is 5.74. The summed E-state index contributed by atoms with van der Waals surface area (Å²) in [7, 11) is 1.66. The van der Waals surface area contributed by atoms with Gasteiger partial charge in [-0.2, -0.15) is 0 Å². The molecule has 0 spiro atoms. The lowest BCUT2D eigenvalue weighted by Gasteiger charge is -2.16. The topological polar surface area (TPSA) is 68.2 Å². The first-order valence-corrected chi connectivity index (χ1v) is 8.85. The Hall–Kier alpha value is -3.12. The number of aromatic nitrogens is 2. The van der Waals surface area contributed by atoms with Gasteiger partial charge in [-0.25, -0.2) is 9.78 Å². The molecule has 2 amide bonds. The van der Waals surface area contributed by atoms with Crippen molar-refractivity contribution in [2.24, 2.45) is 0 Å². The average Bonchev–Trinajstić information content (AvgIpc) is 3.22. The van der Waals surface area contributed by atoms with Crippen molar-refractivity contribution in [2.75, 3.05) is 7.11 Å². The summed E-state index contributed by atoms with van der Waals surface area (Å²) in [6, 6.07) is 15.6. The van der Waals surface area contributed by atoms with Crippen molar-refractivity contribution in [1.82, 2.24) is 20.2 Å². The molecule has 1 heterocycles. The van der Waals surface area contributed by atoms with Crippen LogP contribution in [0.1, 0.15) is 29.7 Å². The molecule has 3 aromatic rings. The van der Waals surface area contributed by atoms with Crippen LogP contribution in [0.4, 0.5) is 4.79 Å². The predicted molar refractivity (Wildman–Crippen MR) is 105 cm³/mol. The lowest BCUT2D eigenvalue weighted by molar-refractivity contribution is 0.184. The molecule has 0 saturated carbocycles. The van der Waals surface area contributed by atoms with Crippen LogP contribution >= 0.6 is 0 Å². The van der Waals surface area contributed by atoms with Gasteiger partial charge in [0.1, 0.15) is 0 Å². The van der Waals surface area contributed by atoms with Gasteiger partial charge in [0.15, 0.2) is 0 Å². The summed E-state index contributed by atoms with van der Waals surface area (Å²) in [5.74, 6) is 0. The molecule has 0 saturated heterocycles. The summed E-state index contributed by atoms with van der Waals surface area (Å²) in [5, 5.41) is 5.89. The van der Waals surface area contributed by atoms with Crippen molar-refractivity contribution in [2.45, 2.75) is 26.1 Å². The number of methoxy groups -OCH3 is 1. The lowest BCUT2D eigenvalue weighted by atomic mass is 10.1. The van der Waals surface area contributed by atoms with Crippen molar-refractivity contribution in [1.29, 1.82) is 0 Å². The molecule has 0 unspecified atom stereocenters. The Bertz CT molecular complexity index is 860. The van der Waals surface area contributed by atoms with Gasteiger partial charge in [-0.1, -0.05) is 36.4 Å². The Morgan fingerprint density at radius 3 is 2.56 bits per heavy atom. The number of imidazole rings is 1. The van der Waals surface area contributed by atoms with Crippen molar-refractivity contribution < 1.29 is 9.53 Å². The quantitative estimate of drug-likeness (QED) is 0.673. The summed E-state index contributed by atoms with van der Waals surface area (Å²) in [6.45, 7) is 2.95. The minimum absolute atomic E-state index is 0.101. The highest BCUT2D eigenvalue weighted by Crippen LogP contribution is 2.16. The largest absolute Gasteiger partial charge is 0.380 e. The summed E-state index contributed by atoms with van der Waals surface area (Å²) in [4.78, 5) is 16.3. The molecular formula is C21H24N4O2. The van der Waals surface area contributed by atoms with Crippen LogP contribution < -0.4 is 10.6 Å². The molecule has 0 aliphatic heterocycles. The SMILES string of the molecule is COCc1ccccc1CNC(=O)N[C@@H](C)c1ccc(-n2ccnc2)cc1. The lowest BCUT2D eigenvalue weighted by Crippen LogP contribution is -2.36. The van der Waals surface area contributed by atoms with E-state index in [0.29, 0.717) is 13.2 Å². The maximum atomic E-state index is 12.3. The Labute approximate surface area is 159 Å². The van der Waals surface area contributed by atoms with Crippen LogP contribution in [0.25, 0.3) is 5.69 Å². The third-order valence-electron chi connectivity index (χ3n) is 4.40. The van der Waals surface area contributed by atoms with Gasteiger partial charge in [0.25, 0.3) is 0 Å². The summed E-state index contributed by atoms with van der Waals surface area (Å²) in [6.07, 6.45) is 5.39. The van der Waals surface area contributed by atoms with E-state index in [0.717, 1.165) is 22.4 Å². The number of nitrogens with zero attached hydrogens (tertiary/aromatic N) is 2. The normalized spacial score (nSPS) is 11.8. The number of carbonyl (C=O) groups excluding carboxylic acids is 1. The minimum Gasteiger partial charge on any atom is -0.380 e. The van der Waals surface area contributed by atoms with Gasteiger partial charge < -0.3 is 19.9 Å². The number of rotatable bonds is 7. The summed E-state index contributed by atoms with van der Waals surface area (Å²) in [5.41, 5.74) is 4.19. The van der Waals surface area contributed by atoms with E-state index in [9.17, 15) is 4.79 Å². The fraction of sp³-hybridized carbons (Fsp3) is 0.238. The van der Waals surface area contributed by atoms with Gasteiger partial charge in [-0.3, -0.25) is 0 Å². The fourth-order valence-corrected chi connectivity index (χ4v) is 2.88. The molecule has 0 bridgehead atoms. The number of urea groups is 1. The zero-order valence-corrected chi connectivity index (χ0v) is 15.6. The van der Waals surface area contributed by atoms with Crippen LogP contribution in [0.3, 0.4) is 0 Å². The molecule has 1 aromatic heterocycles. The molecule has 3 rings (SSSR count). The Morgan fingerprint density at radius 2 is 1.89 bits per heavy atom. The van der Waals surface area contributed by atoms with Crippen molar-refractivity contribution >= 4 is 6.03 Å². The number of hydrogen-bond donors (Lipinski definition) is 2. The van der Waals surface area contributed by atoms with Gasteiger partial charge in [0.2, 0.25) is 0 Å². The smallest absolute Gasteiger partial charge is 0.315 e. The number of benzene rings is 2. The maximum Gasteiger partial charge on any atom is 0.315 e. The number of hydrogen-bond acceptors (Lipinski definition) is 3. The van der Waals surface area contributed by atoms with Crippen LogP contribution in [0.2, 0.25) is 0 Å². The van der Waals surface area contributed by atoms with Crippen molar-refractivity contribution in [3.05, 3.63) is 83.9 Å². The van der Waals surface area contributed by atoms with Gasteiger partial charge in [-0.15, -0.1) is 0 Å². The molecule has 27 heavy (non-hydrogen) atoms. The molecule has 0 fully saturated rings. The van der Waals surface area contributed by atoms with E-state index < -0.39 is 0 Å². The van der Waals surface area contributed by atoms with E-state index >= 15 is 0 Å². The van der Waals surface area contributed by atoms with Crippen LogP contribution in [0.15, 0.2) is 67.3 Å². The van der Waals surface area contributed by atoms with Crippen molar-refractivity contribution in [3.8, 4) is 5.69 Å². The van der Waals surface area contributed by atoms with E-state index in [1.165, 1.54) is 0 Å². The molecule has 0 radical (unpaired) electrons. The molecule has 0 aliphatic rings. The van der Waals surface area contributed by atoms with E-state index in [2.05, 4.69) is 15.6 Å². The van der Waals surface area contributed by atoms with Crippen LogP contribution in [0, 0.1) is 0 Å². The zero-order chi connectivity index (χ0) is 19.1. The Balaban J connectivity index is 1.55. The third-order valence-corrected chi connectivity index (χ3v) is 4.40. The first-order valence-electron chi connectivity index (χ1n) is 8.85.